The standard InChI is InChI=1S/C20H27N5O2/c1-5-11-24-17-8-6-7-9-18(17)25(20(24)27)12-10-19(26)22-14(2)16-13-21-23(4)15(16)3/h6-9,13-14H,5,10-12H2,1-4H3,(H,22,26). The zero-order valence-corrected chi connectivity index (χ0v) is 16.4. The summed E-state index contributed by atoms with van der Waals surface area (Å²) in [5.74, 6) is -0.0787. The first-order valence-corrected chi connectivity index (χ1v) is 9.40. The van der Waals surface area contributed by atoms with E-state index >= 15 is 0 Å². The van der Waals surface area contributed by atoms with Crippen LogP contribution in [-0.2, 0) is 24.9 Å². The van der Waals surface area contributed by atoms with Crippen molar-refractivity contribution in [3.05, 3.63) is 52.2 Å². The average molecular weight is 369 g/mol. The fourth-order valence-electron chi connectivity index (χ4n) is 3.47. The molecular weight excluding hydrogens is 342 g/mol. The number of aryl methyl sites for hydroxylation is 3. The summed E-state index contributed by atoms with van der Waals surface area (Å²) >= 11 is 0. The van der Waals surface area contributed by atoms with E-state index in [-0.39, 0.29) is 24.1 Å². The van der Waals surface area contributed by atoms with Gasteiger partial charge in [-0.2, -0.15) is 5.10 Å². The highest BCUT2D eigenvalue weighted by Crippen LogP contribution is 2.17. The van der Waals surface area contributed by atoms with Crippen LogP contribution in [0.15, 0.2) is 35.3 Å². The van der Waals surface area contributed by atoms with Gasteiger partial charge < -0.3 is 5.32 Å². The number of fused-ring (bicyclic) bond motifs is 1. The Kier molecular flexibility index (Phi) is 5.48. The zero-order valence-electron chi connectivity index (χ0n) is 16.4. The number of nitrogens with zero attached hydrogens (tertiary/aromatic N) is 4. The van der Waals surface area contributed by atoms with Gasteiger partial charge in [0, 0.05) is 37.8 Å². The minimum absolute atomic E-state index is 0.0537. The largest absolute Gasteiger partial charge is 0.349 e. The third-order valence-electron chi connectivity index (χ3n) is 5.05. The van der Waals surface area contributed by atoms with Crippen molar-refractivity contribution in [2.24, 2.45) is 7.05 Å². The maximum absolute atomic E-state index is 12.8. The minimum atomic E-state index is -0.121. The Morgan fingerprint density at radius 3 is 2.37 bits per heavy atom. The second kappa shape index (κ2) is 7.82. The Hall–Kier alpha value is -2.83. The average Bonchev–Trinajstić information content (AvgIpc) is 3.11. The van der Waals surface area contributed by atoms with E-state index in [9.17, 15) is 9.59 Å². The SMILES string of the molecule is CCCn1c(=O)n(CCC(=O)NC(C)c2cnn(C)c2C)c2ccccc21. The summed E-state index contributed by atoms with van der Waals surface area (Å²) in [7, 11) is 1.88. The summed E-state index contributed by atoms with van der Waals surface area (Å²) in [5.41, 5.74) is 3.77. The molecule has 0 saturated carbocycles. The van der Waals surface area contributed by atoms with Gasteiger partial charge in [-0.05, 0) is 32.4 Å². The fraction of sp³-hybridized carbons (Fsp3) is 0.450. The monoisotopic (exact) mass is 369 g/mol. The van der Waals surface area contributed by atoms with Gasteiger partial charge in [-0.15, -0.1) is 0 Å². The van der Waals surface area contributed by atoms with Crippen LogP contribution in [0.2, 0.25) is 0 Å². The van der Waals surface area contributed by atoms with E-state index in [0.29, 0.717) is 13.1 Å². The number of carbonyl (C=O) groups excluding carboxylic acids is 1. The second-order valence-corrected chi connectivity index (χ2v) is 6.92. The Morgan fingerprint density at radius 1 is 1.19 bits per heavy atom. The topological polar surface area (TPSA) is 73.8 Å². The molecule has 0 saturated heterocycles. The van der Waals surface area contributed by atoms with Crippen molar-refractivity contribution in [2.75, 3.05) is 0 Å². The molecule has 0 fully saturated rings. The van der Waals surface area contributed by atoms with Crippen molar-refractivity contribution in [3.8, 4) is 0 Å². The van der Waals surface area contributed by atoms with Crippen molar-refractivity contribution in [3.63, 3.8) is 0 Å². The smallest absolute Gasteiger partial charge is 0.329 e. The van der Waals surface area contributed by atoms with Crippen molar-refractivity contribution in [1.82, 2.24) is 24.2 Å². The molecule has 7 heteroatoms. The highest BCUT2D eigenvalue weighted by atomic mass is 16.2. The number of amides is 1. The predicted octanol–water partition coefficient (Wildman–Crippen LogP) is 2.52. The molecule has 0 aliphatic heterocycles. The molecule has 1 amide bonds. The maximum atomic E-state index is 12.8. The van der Waals surface area contributed by atoms with E-state index < -0.39 is 0 Å². The van der Waals surface area contributed by atoms with Crippen LogP contribution < -0.4 is 11.0 Å². The Labute approximate surface area is 158 Å². The van der Waals surface area contributed by atoms with Crippen LogP contribution in [0.1, 0.15) is 44.0 Å². The third kappa shape index (κ3) is 3.67. The summed E-state index contributed by atoms with van der Waals surface area (Å²) in [6.07, 6.45) is 2.92. The summed E-state index contributed by atoms with van der Waals surface area (Å²) in [6.45, 7) is 7.01. The van der Waals surface area contributed by atoms with Crippen LogP contribution in [0.25, 0.3) is 11.0 Å². The molecule has 3 rings (SSSR count). The molecule has 0 aliphatic carbocycles. The number of hydrogen-bond acceptors (Lipinski definition) is 3. The quantitative estimate of drug-likeness (QED) is 0.695. The molecule has 0 bridgehead atoms. The lowest BCUT2D eigenvalue weighted by Crippen LogP contribution is -2.30. The predicted molar refractivity (Wildman–Crippen MR) is 106 cm³/mol. The van der Waals surface area contributed by atoms with Crippen LogP contribution in [0.4, 0.5) is 0 Å². The van der Waals surface area contributed by atoms with E-state index in [2.05, 4.69) is 10.4 Å². The molecule has 144 valence electrons. The van der Waals surface area contributed by atoms with Gasteiger partial charge in [-0.25, -0.2) is 4.79 Å². The van der Waals surface area contributed by atoms with Gasteiger partial charge in [-0.3, -0.25) is 18.6 Å². The van der Waals surface area contributed by atoms with Crippen molar-refractivity contribution >= 4 is 16.9 Å². The first kappa shape index (κ1) is 18.9. The first-order valence-electron chi connectivity index (χ1n) is 9.40. The summed E-state index contributed by atoms with van der Waals surface area (Å²) < 4.78 is 5.28. The van der Waals surface area contributed by atoms with Crippen molar-refractivity contribution < 1.29 is 4.79 Å². The molecule has 0 aliphatic rings. The van der Waals surface area contributed by atoms with Crippen LogP contribution in [-0.4, -0.2) is 24.8 Å². The summed E-state index contributed by atoms with van der Waals surface area (Å²) in [6, 6.07) is 7.62. The Balaban J connectivity index is 1.73. The molecule has 7 nitrogen and oxygen atoms in total. The Morgan fingerprint density at radius 2 is 1.81 bits per heavy atom. The molecule has 27 heavy (non-hydrogen) atoms. The van der Waals surface area contributed by atoms with Gasteiger partial charge in [0.2, 0.25) is 5.91 Å². The number of rotatable bonds is 7. The van der Waals surface area contributed by atoms with E-state index in [0.717, 1.165) is 28.7 Å². The molecule has 1 unspecified atom stereocenters. The lowest BCUT2D eigenvalue weighted by atomic mass is 10.1. The summed E-state index contributed by atoms with van der Waals surface area (Å²) in [4.78, 5) is 25.2. The van der Waals surface area contributed by atoms with Gasteiger partial charge in [0.05, 0.1) is 23.3 Å². The highest BCUT2D eigenvalue weighted by Gasteiger charge is 2.16. The van der Waals surface area contributed by atoms with E-state index in [1.807, 2.05) is 52.1 Å². The van der Waals surface area contributed by atoms with Crippen LogP contribution in [0.5, 0.6) is 0 Å². The molecular formula is C20H27N5O2. The fourth-order valence-corrected chi connectivity index (χ4v) is 3.47. The van der Waals surface area contributed by atoms with Gasteiger partial charge in [0.25, 0.3) is 0 Å². The summed E-state index contributed by atoms with van der Waals surface area (Å²) in [5, 5.41) is 7.23. The maximum Gasteiger partial charge on any atom is 0.329 e. The molecule has 0 radical (unpaired) electrons. The highest BCUT2D eigenvalue weighted by molar-refractivity contribution is 5.78. The van der Waals surface area contributed by atoms with Crippen LogP contribution >= 0.6 is 0 Å². The van der Waals surface area contributed by atoms with E-state index in [1.165, 1.54) is 0 Å². The van der Waals surface area contributed by atoms with Gasteiger partial charge >= 0.3 is 5.69 Å². The van der Waals surface area contributed by atoms with Gasteiger partial charge in [0.1, 0.15) is 0 Å². The molecule has 0 spiro atoms. The molecule has 2 heterocycles. The molecule has 1 aromatic carbocycles. The second-order valence-electron chi connectivity index (χ2n) is 6.92. The van der Waals surface area contributed by atoms with Crippen molar-refractivity contribution in [2.45, 2.75) is 52.7 Å². The van der Waals surface area contributed by atoms with Gasteiger partial charge in [-0.1, -0.05) is 19.1 Å². The number of carbonyl (C=O) groups is 1. The number of para-hydroxylation sites is 2. The van der Waals surface area contributed by atoms with E-state index in [4.69, 9.17) is 0 Å². The zero-order chi connectivity index (χ0) is 19.6. The number of aromatic nitrogens is 4. The normalized spacial score (nSPS) is 12.4. The number of benzene rings is 1. The third-order valence-corrected chi connectivity index (χ3v) is 5.05. The lowest BCUT2D eigenvalue weighted by molar-refractivity contribution is -0.121. The Bertz CT molecular complexity index is 1010. The molecule has 3 aromatic rings. The first-order chi connectivity index (χ1) is 12.9. The minimum Gasteiger partial charge on any atom is -0.349 e. The number of hydrogen-bond donors (Lipinski definition) is 1. The van der Waals surface area contributed by atoms with Crippen LogP contribution in [0, 0.1) is 6.92 Å². The number of imidazole rings is 1. The molecule has 2 aromatic heterocycles. The van der Waals surface area contributed by atoms with Crippen molar-refractivity contribution in [1.29, 1.82) is 0 Å². The van der Waals surface area contributed by atoms with E-state index in [1.54, 1.807) is 20.0 Å². The molecule has 1 N–H and O–H groups in total. The number of nitrogens with one attached hydrogen (secondary N) is 1. The molecule has 1 atom stereocenters. The van der Waals surface area contributed by atoms with Gasteiger partial charge in [0.15, 0.2) is 0 Å². The van der Waals surface area contributed by atoms with Crippen LogP contribution in [0.3, 0.4) is 0 Å². The lowest BCUT2D eigenvalue weighted by Gasteiger charge is -2.14.